The molecule has 1 aliphatic carbocycles. The first-order valence-electron chi connectivity index (χ1n) is 9.67. The Labute approximate surface area is 162 Å². The zero-order chi connectivity index (χ0) is 18.4. The first-order valence-corrected chi connectivity index (χ1v) is 10.9. The predicted octanol–water partition coefficient (Wildman–Crippen LogP) is 4.60. The molecule has 2 fully saturated rings. The van der Waals surface area contributed by atoms with E-state index in [-0.39, 0.29) is 0 Å². The third-order valence-electron chi connectivity index (χ3n) is 5.63. The molecule has 2 heterocycles. The van der Waals surface area contributed by atoms with Crippen molar-refractivity contribution in [1.29, 1.82) is 0 Å². The number of anilines is 1. The van der Waals surface area contributed by atoms with Crippen LogP contribution in [-0.4, -0.2) is 28.2 Å². The van der Waals surface area contributed by atoms with Crippen molar-refractivity contribution in [2.45, 2.75) is 25.8 Å². The van der Waals surface area contributed by atoms with Crippen LogP contribution in [0.25, 0.3) is 22.2 Å². The normalized spacial score (nSPS) is 19.7. The Bertz CT molecular complexity index is 1010. The second-order valence-corrected chi connectivity index (χ2v) is 9.03. The zero-order valence-corrected chi connectivity index (χ0v) is 16.4. The highest BCUT2D eigenvalue weighted by Crippen LogP contribution is 2.37. The number of ether oxygens (including phenoxy) is 1. The molecule has 0 bridgehead atoms. The number of hydrogen-bond donors (Lipinski definition) is 0. The van der Waals surface area contributed by atoms with Gasteiger partial charge in [-0.1, -0.05) is 12.1 Å². The van der Waals surface area contributed by atoms with Crippen molar-refractivity contribution >= 4 is 27.6 Å². The minimum Gasteiger partial charge on any atom is -0.497 e. The van der Waals surface area contributed by atoms with Crippen LogP contribution in [0.5, 0.6) is 5.75 Å². The highest BCUT2D eigenvalue weighted by molar-refractivity contribution is 7.86. The fraction of sp³-hybridized carbons (Fsp3) is 0.364. The van der Waals surface area contributed by atoms with Crippen LogP contribution in [0.4, 0.5) is 5.69 Å². The lowest BCUT2D eigenvalue weighted by atomic mass is 10.1. The van der Waals surface area contributed by atoms with Gasteiger partial charge in [-0.25, -0.2) is 4.21 Å². The van der Waals surface area contributed by atoms with Gasteiger partial charge in [0, 0.05) is 41.7 Å². The quantitative estimate of drug-likeness (QED) is 0.648. The van der Waals surface area contributed by atoms with Crippen LogP contribution < -0.4 is 9.04 Å². The van der Waals surface area contributed by atoms with Crippen LogP contribution in [0.2, 0.25) is 0 Å². The summed E-state index contributed by atoms with van der Waals surface area (Å²) in [5, 5.41) is 1.25. The molecule has 1 aromatic heterocycles. The average Bonchev–Trinajstić information content (AvgIpc) is 3.31. The molecular weight excluding hydrogens is 356 g/mol. The SMILES string of the molecule is COc1ccc2cc(-c3ccc(N4CCCS4=O)cc3)n(CC3CC3)c2c1. The number of aromatic nitrogens is 1. The minimum atomic E-state index is -0.869. The molecule has 1 aliphatic heterocycles. The van der Waals surface area contributed by atoms with Gasteiger partial charge in [0.1, 0.15) is 16.7 Å². The van der Waals surface area contributed by atoms with Gasteiger partial charge in [0.2, 0.25) is 0 Å². The van der Waals surface area contributed by atoms with Crippen molar-refractivity contribution in [3.05, 3.63) is 48.5 Å². The molecule has 2 aromatic carbocycles. The van der Waals surface area contributed by atoms with Gasteiger partial charge in [-0.2, -0.15) is 0 Å². The van der Waals surface area contributed by atoms with Crippen LogP contribution in [0, 0.1) is 5.92 Å². The smallest absolute Gasteiger partial charge is 0.120 e. The number of hydrogen-bond acceptors (Lipinski definition) is 2. The van der Waals surface area contributed by atoms with E-state index in [1.807, 2.05) is 10.4 Å². The molecule has 3 aromatic rings. The summed E-state index contributed by atoms with van der Waals surface area (Å²) >= 11 is 0. The number of fused-ring (bicyclic) bond motifs is 1. The van der Waals surface area contributed by atoms with E-state index in [1.165, 1.54) is 35.0 Å². The summed E-state index contributed by atoms with van der Waals surface area (Å²) in [5.74, 6) is 2.46. The van der Waals surface area contributed by atoms with Crippen molar-refractivity contribution < 1.29 is 8.95 Å². The molecule has 140 valence electrons. The highest BCUT2D eigenvalue weighted by Gasteiger charge is 2.25. The van der Waals surface area contributed by atoms with Gasteiger partial charge in [0.25, 0.3) is 0 Å². The second kappa shape index (κ2) is 6.71. The monoisotopic (exact) mass is 380 g/mol. The summed E-state index contributed by atoms with van der Waals surface area (Å²) in [7, 11) is 0.851. The molecule has 1 atom stereocenters. The van der Waals surface area contributed by atoms with Gasteiger partial charge in [-0.3, -0.25) is 4.31 Å². The summed E-state index contributed by atoms with van der Waals surface area (Å²) in [6, 6.07) is 17.1. The summed E-state index contributed by atoms with van der Waals surface area (Å²) in [5.41, 5.74) is 4.75. The maximum absolute atomic E-state index is 12.1. The van der Waals surface area contributed by atoms with E-state index < -0.39 is 11.0 Å². The summed E-state index contributed by atoms with van der Waals surface area (Å²) in [4.78, 5) is 0. The first-order chi connectivity index (χ1) is 13.2. The Hall–Kier alpha value is -2.27. The van der Waals surface area contributed by atoms with Crippen LogP contribution >= 0.6 is 0 Å². The van der Waals surface area contributed by atoms with Gasteiger partial charge < -0.3 is 9.30 Å². The summed E-state index contributed by atoms with van der Waals surface area (Å²) in [6.07, 6.45) is 3.65. The lowest BCUT2D eigenvalue weighted by Crippen LogP contribution is -2.19. The molecule has 0 N–H and O–H groups in total. The third kappa shape index (κ3) is 3.14. The Morgan fingerprint density at radius 2 is 1.93 bits per heavy atom. The summed E-state index contributed by atoms with van der Waals surface area (Å²) < 4.78 is 22.0. The standard InChI is InChI=1S/C22H24N2O2S/c1-26-20-10-7-18-13-21(23(22(18)14-20)15-16-3-4-16)17-5-8-19(9-6-17)24-11-2-12-27(24)25/h5-10,13-14,16H,2-4,11-12,15H2,1H3. The molecule has 0 spiro atoms. The van der Waals surface area contributed by atoms with Gasteiger partial charge >= 0.3 is 0 Å². The van der Waals surface area contributed by atoms with Crippen molar-refractivity contribution in [3.8, 4) is 17.0 Å². The predicted molar refractivity (Wildman–Crippen MR) is 112 cm³/mol. The van der Waals surface area contributed by atoms with Crippen LogP contribution in [-0.2, 0) is 17.5 Å². The third-order valence-corrected chi connectivity index (χ3v) is 7.15. The first kappa shape index (κ1) is 16.9. The molecule has 4 nitrogen and oxygen atoms in total. The molecular formula is C22H24N2O2S. The molecule has 5 rings (SSSR count). The largest absolute Gasteiger partial charge is 0.497 e. The summed E-state index contributed by atoms with van der Waals surface area (Å²) in [6.45, 7) is 1.94. The molecule has 1 saturated heterocycles. The molecule has 1 saturated carbocycles. The molecule has 0 amide bonds. The van der Waals surface area contributed by atoms with E-state index in [0.29, 0.717) is 0 Å². The van der Waals surface area contributed by atoms with E-state index in [0.717, 1.165) is 42.6 Å². The fourth-order valence-electron chi connectivity index (χ4n) is 3.94. The number of nitrogens with zero attached hydrogens (tertiary/aromatic N) is 2. The molecule has 1 unspecified atom stereocenters. The Balaban J connectivity index is 1.56. The van der Waals surface area contributed by atoms with Crippen molar-refractivity contribution in [1.82, 2.24) is 4.57 Å². The van der Waals surface area contributed by atoms with Crippen molar-refractivity contribution in [2.24, 2.45) is 5.92 Å². The Morgan fingerprint density at radius 3 is 2.59 bits per heavy atom. The number of methoxy groups -OCH3 is 1. The number of rotatable bonds is 5. The second-order valence-electron chi connectivity index (χ2n) is 7.54. The lowest BCUT2D eigenvalue weighted by molar-refractivity contribution is 0.415. The molecule has 5 heteroatoms. The highest BCUT2D eigenvalue weighted by atomic mass is 32.2. The van der Waals surface area contributed by atoms with Gasteiger partial charge in [-0.15, -0.1) is 0 Å². The Morgan fingerprint density at radius 1 is 1.11 bits per heavy atom. The average molecular weight is 381 g/mol. The minimum absolute atomic E-state index is 0.777. The van der Waals surface area contributed by atoms with Crippen LogP contribution in [0.15, 0.2) is 48.5 Å². The maximum atomic E-state index is 12.1. The molecule has 27 heavy (non-hydrogen) atoms. The van der Waals surface area contributed by atoms with Crippen molar-refractivity contribution in [2.75, 3.05) is 23.7 Å². The van der Waals surface area contributed by atoms with E-state index in [2.05, 4.69) is 47.0 Å². The van der Waals surface area contributed by atoms with Crippen LogP contribution in [0.3, 0.4) is 0 Å². The fourth-order valence-corrected chi connectivity index (χ4v) is 5.23. The van der Waals surface area contributed by atoms with E-state index in [9.17, 15) is 4.21 Å². The van der Waals surface area contributed by atoms with E-state index >= 15 is 0 Å². The zero-order valence-electron chi connectivity index (χ0n) is 15.6. The van der Waals surface area contributed by atoms with Gasteiger partial charge in [0.15, 0.2) is 0 Å². The topological polar surface area (TPSA) is 34.5 Å². The van der Waals surface area contributed by atoms with Crippen molar-refractivity contribution in [3.63, 3.8) is 0 Å². The number of benzene rings is 2. The van der Waals surface area contributed by atoms with E-state index in [1.54, 1.807) is 7.11 Å². The van der Waals surface area contributed by atoms with Gasteiger partial charge in [-0.05, 0) is 61.1 Å². The Kier molecular flexibility index (Phi) is 4.20. The lowest BCUT2D eigenvalue weighted by Gasteiger charge is -2.17. The van der Waals surface area contributed by atoms with Crippen LogP contribution in [0.1, 0.15) is 19.3 Å². The molecule has 0 radical (unpaired) electrons. The van der Waals surface area contributed by atoms with Gasteiger partial charge in [0.05, 0.1) is 12.6 Å². The molecule has 2 aliphatic rings. The van der Waals surface area contributed by atoms with E-state index in [4.69, 9.17) is 4.74 Å². The maximum Gasteiger partial charge on any atom is 0.120 e.